The van der Waals surface area contributed by atoms with Crippen LogP contribution < -0.4 is 11.1 Å². The lowest BCUT2D eigenvalue weighted by Gasteiger charge is -2.26. The van der Waals surface area contributed by atoms with E-state index in [1.165, 1.54) is 12.1 Å². The Hall–Kier alpha value is -1.51. The molecule has 0 spiro atoms. The molecule has 1 aromatic carbocycles. The number of amides is 1. The number of nitrogens with one attached hydrogen (secondary N) is 1. The van der Waals surface area contributed by atoms with E-state index in [9.17, 15) is 13.2 Å². The van der Waals surface area contributed by atoms with Gasteiger partial charge in [-0.05, 0) is 12.1 Å². The highest BCUT2D eigenvalue weighted by Crippen LogP contribution is 2.17. The first kappa shape index (κ1) is 13.9. The molecule has 0 radical (unpaired) electrons. The molecule has 1 aliphatic rings. The minimum absolute atomic E-state index is 0.0903. The predicted octanol–water partition coefficient (Wildman–Crippen LogP) is -0.559. The summed E-state index contributed by atoms with van der Waals surface area (Å²) in [6.07, 6.45) is 0. The zero-order chi connectivity index (χ0) is 14.0. The Bertz CT molecular complexity index is 628. The fourth-order valence-electron chi connectivity index (χ4n) is 1.78. The molecule has 3 N–H and O–H groups in total. The lowest BCUT2D eigenvalue weighted by molar-refractivity contribution is -0.122. The second-order valence-electron chi connectivity index (χ2n) is 4.08. The second-order valence-corrected chi connectivity index (χ2v) is 6.46. The number of nitrogens with two attached hydrogens (primary N) is 1. The second kappa shape index (κ2) is 5.24. The number of benzene rings is 1. The van der Waals surface area contributed by atoms with Crippen molar-refractivity contribution >= 4 is 33.1 Å². The Morgan fingerprint density at radius 2 is 2.16 bits per heavy atom. The Morgan fingerprint density at radius 3 is 2.79 bits per heavy atom. The number of nitrogens with zero attached hydrogens (tertiary/aromatic N) is 1. The van der Waals surface area contributed by atoms with Gasteiger partial charge < -0.3 is 11.1 Å². The molecule has 0 saturated carbocycles. The first-order valence-electron chi connectivity index (χ1n) is 5.58. The molecular weight excluding hydrogens is 286 g/mol. The van der Waals surface area contributed by atoms with Crippen LogP contribution in [0.3, 0.4) is 0 Å². The molecule has 1 aromatic rings. The Labute approximate surface area is 116 Å². The maximum absolute atomic E-state index is 12.4. The van der Waals surface area contributed by atoms with Crippen molar-refractivity contribution in [3.63, 3.8) is 0 Å². The molecule has 0 aromatic heterocycles. The zero-order valence-corrected chi connectivity index (χ0v) is 11.6. The third-order valence-electron chi connectivity index (χ3n) is 2.76. The van der Waals surface area contributed by atoms with Gasteiger partial charge in [-0.15, -0.1) is 0 Å². The minimum Gasteiger partial charge on any atom is -0.389 e. The summed E-state index contributed by atoms with van der Waals surface area (Å²) < 4.78 is 25.9. The van der Waals surface area contributed by atoms with E-state index in [-0.39, 0.29) is 28.9 Å². The third-order valence-corrected chi connectivity index (χ3v) is 4.84. The summed E-state index contributed by atoms with van der Waals surface area (Å²) in [5, 5.41) is 2.58. The van der Waals surface area contributed by atoms with Gasteiger partial charge in [-0.1, -0.05) is 24.4 Å². The van der Waals surface area contributed by atoms with Gasteiger partial charge in [0.2, 0.25) is 15.9 Å². The van der Waals surface area contributed by atoms with Crippen LogP contribution in [0.1, 0.15) is 5.56 Å². The molecule has 1 heterocycles. The van der Waals surface area contributed by atoms with Gasteiger partial charge in [-0.2, -0.15) is 4.31 Å². The number of piperazine rings is 1. The molecule has 2 rings (SSSR count). The van der Waals surface area contributed by atoms with E-state index in [1.54, 1.807) is 12.1 Å². The average Bonchev–Trinajstić information content (AvgIpc) is 2.39. The van der Waals surface area contributed by atoms with E-state index >= 15 is 0 Å². The molecule has 1 amide bonds. The van der Waals surface area contributed by atoms with Gasteiger partial charge in [0, 0.05) is 18.7 Å². The van der Waals surface area contributed by atoms with E-state index < -0.39 is 10.0 Å². The summed E-state index contributed by atoms with van der Waals surface area (Å²) in [4.78, 5) is 11.5. The van der Waals surface area contributed by atoms with E-state index in [1.807, 2.05) is 0 Å². The number of sulfonamides is 1. The molecule has 1 fully saturated rings. The molecule has 0 unspecified atom stereocenters. The zero-order valence-electron chi connectivity index (χ0n) is 10.00. The highest BCUT2D eigenvalue weighted by atomic mass is 32.2. The average molecular weight is 299 g/mol. The standard InChI is InChI=1S/C11H13N3O3S2/c12-11(18)8-2-1-3-9(6-8)19(16,17)14-5-4-13-10(15)7-14/h1-3,6H,4-5,7H2,(H2,12,18)(H,13,15). The largest absolute Gasteiger partial charge is 0.389 e. The summed E-state index contributed by atoms with van der Waals surface area (Å²) in [5.41, 5.74) is 5.97. The van der Waals surface area contributed by atoms with Crippen LogP contribution in [-0.4, -0.2) is 43.3 Å². The van der Waals surface area contributed by atoms with Crippen molar-refractivity contribution in [1.29, 1.82) is 0 Å². The number of hydrogen-bond acceptors (Lipinski definition) is 4. The Kier molecular flexibility index (Phi) is 3.83. The lowest BCUT2D eigenvalue weighted by atomic mass is 10.2. The molecule has 1 saturated heterocycles. The van der Waals surface area contributed by atoms with Crippen LogP contribution in [-0.2, 0) is 14.8 Å². The minimum atomic E-state index is -3.69. The smallest absolute Gasteiger partial charge is 0.243 e. The number of hydrogen-bond donors (Lipinski definition) is 2. The Balaban J connectivity index is 2.36. The monoisotopic (exact) mass is 299 g/mol. The topological polar surface area (TPSA) is 92.5 Å². The van der Waals surface area contributed by atoms with Gasteiger partial charge >= 0.3 is 0 Å². The fourth-order valence-corrected chi connectivity index (χ4v) is 3.35. The number of thiocarbonyl (C=S) groups is 1. The molecule has 8 heteroatoms. The molecule has 1 aliphatic heterocycles. The number of carbonyl (C=O) groups excluding carboxylic acids is 1. The maximum Gasteiger partial charge on any atom is 0.243 e. The highest BCUT2D eigenvalue weighted by Gasteiger charge is 2.29. The van der Waals surface area contributed by atoms with Crippen molar-refractivity contribution in [1.82, 2.24) is 9.62 Å². The van der Waals surface area contributed by atoms with Gasteiger partial charge in [0.15, 0.2) is 0 Å². The molecular formula is C11H13N3O3S2. The Morgan fingerprint density at radius 1 is 1.42 bits per heavy atom. The van der Waals surface area contributed by atoms with Gasteiger partial charge in [-0.3, -0.25) is 4.79 Å². The van der Waals surface area contributed by atoms with E-state index in [2.05, 4.69) is 5.32 Å². The van der Waals surface area contributed by atoms with Crippen LogP contribution >= 0.6 is 12.2 Å². The SMILES string of the molecule is NC(=S)c1cccc(S(=O)(=O)N2CCNC(=O)C2)c1. The van der Waals surface area contributed by atoms with Crippen LogP contribution in [0.5, 0.6) is 0 Å². The third kappa shape index (κ3) is 2.91. The molecule has 0 atom stereocenters. The van der Waals surface area contributed by atoms with Crippen molar-refractivity contribution in [2.45, 2.75) is 4.90 Å². The lowest BCUT2D eigenvalue weighted by Crippen LogP contribution is -2.49. The highest BCUT2D eigenvalue weighted by molar-refractivity contribution is 7.89. The van der Waals surface area contributed by atoms with E-state index in [0.29, 0.717) is 12.1 Å². The quantitative estimate of drug-likeness (QED) is 0.730. The van der Waals surface area contributed by atoms with Gasteiger partial charge in [0.25, 0.3) is 0 Å². The fraction of sp³-hybridized carbons (Fsp3) is 0.273. The maximum atomic E-state index is 12.4. The summed E-state index contributed by atoms with van der Waals surface area (Å²) in [7, 11) is -3.69. The van der Waals surface area contributed by atoms with Gasteiger partial charge in [0.05, 0.1) is 11.4 Å². The summed E-state index contributed by atoms with van der Waals surface area (Å²) in [5.74, 6) is -0.305. The first-order valence-corrected chi connectivity index (χ1v) is 7.43. The first-order chi connectivity index (χ1) is 8.91. The van der Waals surface area contributed by atoms with Crippen molar-refractivity contribution in [2.75, 3.05) is 19.6 Å². The van der Waals surface area contributed by atoms with Crippen molar-refractivity contribution in [2.24, 2.45) is 5.73 Å². The van der Waals surface area contributed by atoms with Crippen LogP contribution in [0.15, 0.2) is 29.2 Å². The molecule has 19 heavy (non-hydrogen) atoms. The van der Waals surface area contributed by atoms with Crippen LogP contribution in [0.4, 0.5) is 0 Å². The number of carbonyl (C=O) groups is 1. The molecule has 102 valence electrons. The van der Waals surface area contributed by atoms with Gasteiger partial charge in [-0.25, -0.2) is 8.42 Å². The molecule has 0 bridgehead atoms. The van der Waals surface area contributed by atoms with Crippen molar-refractivity contribution in [3.8, 4) is 0 Å². The van der Waals surface area contributed by atoms with Crippen LogP contribution in [0.25, 0.3) is 0 Å². The van der Waals surface area contributed by atoms with Gasteiger partial charge in [0.1, 0.15) is 4.99 Å². The number of rotatable bonds is 3. The summed E-state index contributed by atoms with van der Waals surface area (Å²) in [6, 6.07) is 6.10. The van der Waals surface area contributed by atoms with Crippen LogP contribution in [0, 0.1) is 0 Å². The van der Waals surface area contributed by atoms with Crippen molar-refractivity contribution in [3.05, 3.63) is 29.8 Å². The summed E-state index contributed by atoms with van der Waals surface area (Å²) in [6.45, 7) is 0.401. The van der Waals surface area contributed by atoms with E-state index in [0.717, 1.165) is 4.31 Å². The summed E-state index contributed by atoms with van der Waals surface area (Å²) >= 11 is 4.82. The molecule has 0 aliphatic carbocycles. The van der Waals surface area contributed by atoms with Crippen molar-refractivity contribution < 1.29 is 13.2 Å². The predicted molar refractivity (Wildman–Crippen MR) is 74.1 cm³/mol. The van der Waals surface area contributed by atoms with E-state index in [4.69, 9.17) is 18.0 Å². The normalized spacial score (nSPS) is 16.9. The van der Waals surface area contributed by atoms with Crippen LogP contribution in [0.2, 0.25) is 0 Å². The molecule has 6 nitrogen and oxygen atoms in total.